The molecule has 6 nitrogen and oxygen atoms in total. The van der Waals surface area contributed by atoms with Crippen molar-refractivity contribution >= 4 is 39.8 Å². The number of rotatable bonds is 6. The molecule has 2 rings (SSSR count). The Kier molecular flexibility index (Phi) is 9.51. The number of guanidine groups is 1. The van der Waals surface area contributed by atoms with Gasteiger partial charge in [0.05, 0.1) is 29.7 Å². The van der Waals surface area contributed by atoms with Crippen molar-refractivity contribution in [2.24, 2.45) is 4.99 Å². The number of hydrogen-bond acceptors (Lipinski definition) is 4. The normalized spacial score (nSPS) is 19.0. The molecule has 1 saturated heterocycles. The van der Waals surface area contributed by atoms with Crippen LogP contribution in [0.1, 0.15) is 38.3 Å². The van der Waals surface area contributed by atoms with Gasteiger partial charge in [-0.25, -0.2) is 13.4 Å². The molecule has 166 valence electrons. The molecule has 1 aromatic carbocycles. The highest BCUT2D eigenvalue weighted by Gasteiger charge is 2.34. The zero-order chi connectivity index (χ0) is 20.9. The summed E-state index contributed by atoms with van der Waals surface area (Å²) in [6.07, 6.45) is -4.33. The van der Waals surface area contributed by atoms with Crippen LogP contribution in [0.3, 0.4) is 0 Å². The van der Waals surface area contributed by atoms with Gasteiger partial charge in [-0.15, -0.1) is 24.0 Å². The van der Waals surface area contributed by atoms with E-state index in [1.54, 1.807) is 13.8 Å². The highest BCUT2D eigenvalue weighted by atomic mass is 127. The number of aliphatic imine (C=N–C) groups is 1. The molecule has 29 heavy (non-hydrogen) atoms. The molecule has 0 aromatic heterocycles. The fourth-order valence-electron chi connectivity index (χ4n) is 2.89. The van der Waals surface area contributed by atoms with Gasteiger partial charge in [0, 0.05) is 12.6 Å². The van der Waals surface area contributed by atoms with E-state index in [4.69, 9.17) is 4.74 Å². The van der Waals surface area contributed by atoms with Gasteiger partial charge in [-0.1, -0.05) is 6.07 Å². The average molecular weight is 549 g/mol. The van der Waals surface area contributed by atoms with Crippen molar-refractivity contribution in [1.29, 1.82) is 0 Å². The van der Waals surface area contributed by atoms with E-state index in [9.17, 15) is 21.6 Å². The number of nitrogens with zero attached hydrogens (tertiary/aromatic N) is 1. The summed E-state index contributed by atoms with van der Waals surface area (Å²) in [6, 6.07) is 3.53. The quantitative estimate of drug-likeness (QED) is 0.324. The summed E-state index contributed by atoms with van der Waals surface area (Å²) >= 11 is 0. The van der Waals surface area contributed by atoms with Crippen LogP contribution in [-0.2, 0) is 22.6 Å². The van der Waals surface area contributed by atoms with Crippen LogP contribution in [0.4, 0.5) is 13.2 Å². The number of sulfone groups is 1. The molecule has 0 bridgehead atoms. The molecule has 1 atom stereocenters. The molecule has 1 heterocycles. The highest BCUT2D eigenvalue weighted by Crippen LogP contribution is 2.35. The Bertz CT molecular complexity index is 814. The zero-order valence-corrected chi connectivity index (χ0v) is 19.7. The smallest absolute Gasteiger partial charge is 0.416 e. The van der Waals surface area contributed by atoms with E-state index >= 15 is 0 Å². The Morgan fingerprint density at radius 3 is 2.55 bits per heavy atom. The summed E-state index contributed by atoms with van der Waals surface area (Å²) in [6.45, 7) is 5.60. The minimum atomic E-state index is -4.54. The van der Waals surface area contributed by atoms with E-state index in [1.807, 2.05) is 6.92 Å². The minimum Gasteiger partial charge on any atom is -0.491 e. The minimum absolute atomic E-state index is 0. The second-order valence-corrected chi connectivity index (χ2v) is 9.15. The van der Waals surface area contributed by atoms with Crippen molar-refractivity contribution < 1.29 is 26.3 Å². The van der Waals surface area contributed by atoms with E-state index in [-0.39, 0.29) is 65.5 Å². The van der Waals surface area contributed by atoms with E-state index in [2.05, 4.69) is 15.6 Å². The lowest BCUT2D eigenvalue weighted by Crippen LogP contribution is -2.44. The lowest BCUT2D eigenvalue weighted by molar-refractivity contribution is -0.138. The summed E-state index contributed by atoms with van der Waals surface area (Å²) in [5.74, 6) is 0.531. The predicted molar refractivity (Wildman–Crippen MR) is 118 cm³/mol. The number of ether oxygens (including phenoxy) is 1. The number of hydrogen-bond donors (Lipinski definition) is 2. The van der Waals surface area contributed by atoms with Crippen LogP contribution in [-0.4, -0.2) is 44.6 Å². The van der Waals surface area contributed by atoms with Crippen LogP contribution in [0.5, 0.6) is 5.75 Å². The molecule has 0 aliphatic carbocycles. The van der Waals surface area contributed by atoms with Gasteiger partial charge in [0.15, 0.2) is 15.8 Å². The molecule has 11 heteroatoms. The largest absolute Gasteiger partial charge is 0.491 e. The number of halogens is 4. The first-order chi connectivity index (χ1) is 13.0. The first-order valence-electron chi connectivity index (χ1n) is 9.12. The monoisotopic (exact) mass is 549 g/mol. The molecular formula is C18H27F3IN3O3S. The van der Waals surface area contributed by atoms with E-state index in [1.165, 1.54) is 12.1 Å². The first-order valence-corrected chi connectivity index (χ1v) is 10.9. The summed E-state index contributed by atoms with van der Waals surface area (Å²) in [5.41, 5.74) is -0.784. The summed E-state index contributed by atoms with van der Waals surface area (Å²) in [5, 5.41) is 5.93. The van der Waals surface area contributed by atoms with Crippen molar-refractivity contribution in [3.05, 3.63) is 29.3 Å². The van der Waals surface area contributed by atoms with Gasteiger partial charge in [0.2, 0.25) is 0 Å². The van der Waals surface area contributed by atoms with Crippen LogP contribution in [0.25, 0.3) is 0 Å². The molecule has 0 saturated carbocycles. The van der Waals surface area contributed by atoms with Crippen molar-refractivity contribution in [2.75, 3.05) is 18.1 Å². The third-order valence-corrected chi connectivity index (χ3v) is 5.85. The van der Waals surface area contributed by atoms with E-state index < -0.39 is 21.6 Å². The second-order valence-electron chi connectivity index (χ2n) is 6.92. The fourth-order valence-corrected chi connectivity index (χ4v) is 4.56. The van der Waals surface area contributed by atoms with Gasteiger partial charge in [-0.3, -0.25) is 0 Å². The second kappa shape index (κ2) is 10.7. The Balaban J connectivity index is 0.00000420. The van der Waals surface area contributed by atoms with Gasteiger partial charge in [0.25, 0.3) is 0 Å². The average Bonchev–Trinajstić information content (AvgIpc) is 2.91. The number of benzene rings is 1. The molecule has 1 aliphatic heterocycles. The van der Waals surface area contributed by atoms with Crippen molar-refractivity contribution in [2.45, 2.75) is 52.1 Å². The Hall–Kier alpha value is -1.24. The van der Waals surface area contributed by atoms with Crippen molar-refractivity contribution in [1.82, 2.24) is 10.6 Å². The predicted octanol–water partition coefficient (Wildman–Crippen LogP) is 3.35. The van der Waals surface area contributed by atoms with Crippen LogP contribution in [0, 0.1) is 0 Å². The van der Waals surface area contributed by atoms with E-state index in [0.29, 0.717) is 18.9 Å². The fraction of sp³-hybridized carbons (Fsp3) is 0.611. The SMILES string of the molecule is CCNC(=NCc1ccc(OC(C)C)cc1C(F)(F)F)NC1CCS(=O)(=O)C1.I. The Labute approximate surface area is 186 Å². The van der Waals surface area contributed by atoms with Crippen LogP contribution in [0.15, 0.2) is 23.2 Å². The maximum Gasteiger partial charge on any atom is 0.416 e. The first kappa shape index (κ1) is 25.8. The third kappa shape index (κ3) is 8.19. The molecule has 2 N–H and O–H groups in total. The number of alkyl halides is 3. The summed E-state index contributed by atoms with van der Waals surface area (Å²) in [4.78, 5) is 4.22. The van der Waals surface area contributed by atoms with Gasteiger partial charge in [0.1, 0.15) is 5.75 Å². The Morgan fingerprint density at radius 1 is 1.34 bits per heavy atom. The maximum atomic E-state index is 13.4. The van der Waals surface area contributed by atoms with Crippen molar-refractivity contribution in [3.8, 4) is 5.75 Å². The molecule has 1 fully saturated rings. The van der Waals surface area contributed by atoms with Crippen LogP contribution < -0.4 is 15.4 Å². The summed E-state index contributed by atoms with van der Waals surface area (Å²) in [7, 11) is -3.07. The van der Waals surface area contributed by atoms with Crippen LogP contribution >= 0.6 is 24.0 Å². The molecule has 1 unspecified atom stereocenters. The number of nitrogens with one attached hydrogen (secondary N) is 2. The van der Waals surface area contributed by atoms with Gasteiger partial charge < -0.3 is 15.4 Å². The lowest BCUT2D eigenvalue weighted by atomic mass is 10.1. The molecule has 0 spiro atoms. The van der Waals surface area contributed by atoms with Gasteiger partial charge in [-0.05, 0) is 44.9 Å². The van der Waals surface area contributed by atoms with E-state index in [0.717, 1.165) is 6.07 Å². The maximum absolute atomic E-state index is 13.4. The topological polar surface area (TPSA) is 79.8 Å². The molecule has 1 aliphatic rings. The standard InChI is InChI=1S/C18H26F3N3O3S.HI/c1-4-22-17(24-14-7-8-28(25,26)11-14)23-10-13-5-6-15(27-12(2)3)9-16(13)18(19,20)21;/h5-6,9,12,14H,4,7-8,10-11H2,1-3H3,(H2,22,23,24);1H. The molecule has 1 aromatic rings. The van der Waals surface area contributed by atoms with Gasteiger partial charge in [-0.2, -0.15) is 13.2 Å². The zero-order valence-electron chi connectivity index (χ0n) is 16.5. The third-order valence-electron chi connectivity index (χ3n) is 4.08. The Morgan fingerprint density at radius 2 is 2.03 bits per heavy atom. The highest BCUT2D eigenvalue weighted by molar-refractivity contribution is 14.0. The lowest BCUT2D eigenvalue weighted by Gasteiger charge is -2.18. The van der Waals surface area contributed by atoms with Crippen molar-refractivity contribution in [3.63, 3.8) is 0 Å². The molecular weight excluding hydrogens is 522 g/mol. The van der Waals surface area contributed by atoms with Gasteiger partial charge >= 0.3 is 6.18 Å². The van der Waals surface area contributed by atoms with Crippen LogP contribution in [0.2, 0.25) is 0 Å². The molecule has 0 amide bonds. The molecule has 0 radical (unpaired) electrons. The summed E-state index contributed by atoms with van der Waals surface area (Å²) < 4.78 is 68.9.